The quantitative estimate of drug-likeness (QED) is 0.716. The second-order valence-corrected chi connectivity index (χ2v) is 6.36. The Morgan fingerprint density at radius 3 is 2.60 bits per heavy atom. The second kappa shape index (κ2) is 6.87. The van der Waals surface area contributed by atoms with Crippen molar-refractivity contribution < 1.29 is 4.39 Å². The molecule has 2 aromatic carbocycles. The third-order valence-corrected chi connectivity index (χ3v) is 5.00. The van der Waals surface area contributed by atoms with Gasteiger partial charge in [0, 0.05) is 9.61 Å². The summed E-state index contributed by atoms with van der Waals surface area (Å²) in [6.07, 6.45) is 0.805. The van der Waals surface area contributed by atoms with Crippen LogP contribution in [0, 0.1) is 16.3 Å². The molecule has 0 fully saturated rings. The molecular weight excluding hydrogens is 388 g/mol. The molecule has 0 aliphatic heterocycles. The largest absolute Gasteiger partial charge is 0.313 e. The molecule has 4 heteroatoms. The van der Waals surface area contributed by atoms with Gasteiger partial charge in [-0.05, 0) is 83.9 Å². The van der Waals surface area contributed by atoms with Gasteiger partial charge in [-0.25, -0.2) is 4.39 Å². The highest BCUT2D eigenvalue weighted by molar-refractivity contribution is 14.1. The van der Waals surface area contributed by atoms with Gasteiger partial charge in [-0.15, -0.1) is 0 Å². The van der Waals surface area contributed by atoms with Gasteiger partial charge in [0.2, 0.25) is 0 Å². The first-order chi connectivity index (χ1) is 9.51. The fourth-order valence-corrected chi connectivity index (χ4v) is 2.75. The maximum absolute atomic E-state index is 13.2. The van der Waals surface area contributed by atoms with Crippen molar-refractivity contribution >= 4 is 34.2 Å². The topological polar surface area (TPSA) is 12.0 Å². The van der Waals surface area contributed by atoms with Crippen LogP contribution >= 0.6 is 34.2 Å². The lowest BCUT2D eigenvalue weighted by Gasteiger charge is -2.18. The van der Waals surface area contributed by atoms with Crippen LogP contribution in [0.3, 0.4) is 0 Å². The molecule has 1 unspecified atom stereocenters. The highest BCUT2D eigenvalue weighted by atomic mass is 127. The minimum atomic E-state index is -0.190. The van der Waals surface area contributed by atoms with Gasteiger partial charge in [-0.3, -0.25) is 0 Å². The van der Waals surface area contributed by atoms with Gasteiger partial charge in [0.05, 0.1) is 5.02 Å². The molecule has 1 N–H and O–H groups in total. The molecule has 0 aromatic heterocycles. The number of hydrogen-bond acceptors (Lipinski definition) is 1. The molecule has 20 heavy (non-hydrogen) atoms. The summed E-state index contributed by atoms with van der Waals surface area (Å²) in [5, 5.41) is 4.06. The van der Waals surface area contributed by atoms with Crippen molar-refractivity contribution in [2.75, 3.05) is 7.05 Å². The van der Waals surface area contributed by atoms with Crippen LogP contribution in [0.1, 0.15) is 22.7 Å². The lowest BCUT2D eigenvalue weighted by molar-refractivity contribution is 0.587. The molecule has 0 amide bonds. The van der Waals surface area contributed by atoms with Crippen LogP contribution in [-0.2, 0) is 6.42 Å². The summed E-state index contributed by atoms with van der Waals surface area (Å²) in [5.41, 5.74) is 3.25. The smallest absolute Gasteiger partial charge is 0.123 e. The molecule has 2 aromatic rings. The van der Waals surface area contributed by atoms with E-state index in [1.807, 2.05) is 32.2 Å². The molecule has 2 rings (SSSR count). The highest BCUT2D eigenvalue weighted by Crippen LogP contribution is 2.26. The monoisotopic (exact) mass is 403 g/mol. The van der Waals surface area contributed by atoms with Gasteiger partial charge in [-0.2, -0.15) is 0 Å². The summed E-state index contributed by atoms with van der Waals surface area (Å²) in [5.74, 6) is -0.190. The number of rotatable bonds is 4. The SMILES string of the molecule is CNC(Cc1ccc(F)cc1C)c1ccc(I)c(Cl)c1. The van der Waals surface area contributed by atoms with Crippen molar-refractivity contribution in [1.29, 1.82) is 0 Å². The Labute approximate surface area is 137 Å². The van der Waals surface area contributed by atoms with Crippen LogP contribution in [0.25, 0.3) is 0 Å². The molecule has 0 heterocycles. The second-order valence-electron chi connectivity index (χ2n) is 4.79. The molecular formula is C16H16ClFIN. The van der Waals surface area contributed by atoms with E-state index < -0.39 is 0 Å². The number of aryl methyl sites for hydroxylation is 1. The van der Waals surface area contributed by atoms with E-state index in [2.05, 4.69) is 34.0 Å². The van der Waals surface area contributed by atoms with Crippen LogP contribution in [-0.4, -0.2) is 7.05 Å². The Hall–Kier alpha value is -0.650. The summed E-state index contributed by atoms with van der Waals surface area (Å²) < 4.78 is 14.2. The van der Waals surface area contributed by atoms with E-state index in [4.69, 9.17) is 11.6 Å². The third-order valence-electron chi connectivity index (χ3n) is 3.42. The molecule has 0 bridgehead atoms. The molecule has 0 saturated heterocycles. The van der Waals surface area contributed by atoms with Crippen molar-refractivity contribution in [1.82, 2.24) is 5.32 Å². The zero-order chi connectivity index (χ0) is 14.7. The Morgan fingerprint density at radius 2 is 2.00 bits per heavy atom. The van der Waals surface area contributed by atoms with Gasteiger partial charge in [-0.1, -0.05) is 23.7 Å². The average molecular weight is 404 g/mol. The van der Waals surface area contributed by atoms with Crippen molar-refractivity contribution in [3.8, 4) is 0 Å². The van der Waals surface area contributed by atoms with Gasteiger partial charge in [0.15, 0.2) is 0 Å². The van der Waals surface area contributed by atoms with Gasteiger partial charge in [0.25, 0.3) is 0 Å². The molecule has 1 nitrogen and oxygen atoms in total. The van der Waals surface area contributed by atoms with E-state index in [1.165, 1.54) is 6.07 Å². The van der Waals surface area contributed by atoms with E-state index in [0.717, 1.165) is 31.7 Å². The van der Waals surface area contributed by atoms with Crippen molar-refractivity contribution in [3.05, 3.63) is 67.5 Å². The number of likely N-dealkylation sites (N-methyl/N-ethyl adjacent to an activating group) is 1. The standard InChI is InChI=1S/C16H16ClFIN/c1-10-7-13(18)5-3-11(10)9-16(20-2)12-4-6-15(19)14(17)8-12/h3-8,16,20H,9H2,1-2H3. The Kier molecular flexibility index (Phi) is 5.41. The maximum atomic E-state index is 13.2. The van der Waals surface area contributed by atoms with E-state index >= 15 is 0 Å². The minimum absolute atomic E-state index is 0.161. The minimum Gasteiger partial charge on any atom is -0.313 e. The van der Waals surface area contributed by atoms with E-state index in [0.29, 0.717) is 0 Å². The molecule has 106 valence electrons. The Balaban J connectivity index is 2.26. The highest BCUT2D eigenvalue weighted by Gasteiger charge is 2.13. The first kappa shape index (κ1) is 15.7. The average Bonchev–Trinajstić information content (AvgIpc) is 2.41. The van der Waals surface area contributed by atoms with E-state index in [9.17, 15) is 4.39 Å². The first-order valence-corrected chi connectivity index (χ1v) is 7.84. The van der Waals surface area contributed by atoms with Crippen LogP contribution in [0.4, 0.5) is 4.39 Å². The summed E-state index contributed by atoms with van der Waals surface area (Å²) in [6, 6.07) is 11.2. The number of benzene rings is 2. The molecule has 1 atom stereocenters. The lowest BCUT2D eigenvalue weighted by atomic mass is 9.96. The zero-order valence-electron chi connectivity index (χ0n) is 11.4. The van der Waals surface area contributed by atoms with Crippen LogP contribution in [0.15, 0.2) is 36.4 Å². The van der Waals surface area contributed by atoms with Crippen molar-refractivity contribution in [2.24, 2.45) is 0 Å². The molecule has 0 aliphatic carbocycles. The van der Waals surface area contributed by atoms with Crippen LogP contribution in [0.2, 0.25) is 5.02 Å². The Bertz CT molecular complexity index is 615. The molecule has 0 radical (unpaired) electrons. The molecule has 0 spiro atoms. The summed E-state index contributed by atoms with van der Waals surface area (Å²) >= 11 is 8.40. The summed E-state index contributed by atoms with van der Waals surface area (Å²) in [4.78, 5) is 0. The van der Waals surface area contributed by atoms with E-state index in [-0.39, 0.29) is 11.9 Å². The third kappa shape index (κ3) is 3.71. The lowest BCUT2D eigenvalue weighted by Crippen LogP contribution is -2.19. The van der Waals surface area contributed by atoms with Crippen molar-refractivity contribution in [3.63, 3.8) is 0 Å². The van der Waals surface area contributed by atoms with Crippen LogP contribution < -0.4 is 5.32 Å². The van der Waals surface area contributed by atoms with Crippen molar-refractivity contribution in [2.45, 2.75) is 19.4 Å². The predicted molar refractivity (Wildman–Crippen MR) is 90.8 cm³/mol. The zero-order valence-corrected chi connectivity index (χ0v) is 14.3. The molecule has 0 aliphatic rings. The number of halogens is 3. The summed E-state index contributed by atoms with van der Waals surface area (Å²) in [7, 11) is 1.93. The van der Waals surface area contributed by atoms with Gasteiger partial charge >= 0.3 is 0 Å². The van der Waals surface area contributed by atoms with Gasteiger partial charge < -0.3 is 5.32 Å². The number of hydrogen-bond donors (Lipinski definition) is 1. The van der Waals surface area contributed by atoms with Crippen LogP contribution in [0.5, 0.6) is 0 Å². The molecule has 0 saturated carbocycles. The number of nitrogens with one attached hydrogen (secondary N) is 1. The fraction of sp³-hybridized carbons (Fsp3) is 0.250. The van der Waals surface area contributed by atoms with E-state index in [1.54, 1.807) is 6.07 Å². The first-order valence-electron chi connectivity index (χ1n) is 6.38. The maximum Gasteiger partial charge on any atom is 0.123 e. The fourth-order valence-electron chi connectivity index (χ4n) is 2.22. The Morgan fingerprint density at radius 1 is 1.25 bits per heavy atom. The normalized spacial score (nSPS) is 12.4. The predicted octanol–water partition coefficient (Wildman–Crippen LogP) is 4.90. The van der Waals surface area contributed by atoms with Gasteiger partial charge in [0.1, 0.15) is 5.82 Å². The summed E-state index contributed by atoms with van der Waals surface area (Å²) in [6.45, 7) is 1.94.